The summed E-state index contributed by atoms with van der Waals surface area (Å²) in [5, 5.41) is 0. The Kier molecular flexibility index (Phi) is 4.16. The minimum atomic E-state index is -0.101. The van der Waals surface area contributed by atoms with E-state index in [0.717, 1.165) is 23.7 Å². The van der Waals surface area contributed by atoms with Gasteiger partial charge in [0.15, 0.2) is 0 Å². The molecule has 0 aromatic carbocycles. The maximum absolute atomic E-state index is 11.3. The second-order valence-electron chi connectivity index (χ2n) is 3.98. The van der Waals surface area contributed by atoms with Gasteiger partial charge in [-0.2, -0.15) is 0 Å². The molecule has 0 aliphatic heterocycles. The molecule has 1 aliphatic rings. The molecule has 1 aliphatic carbocycles. The number of methoxy groups -OCH3 is 1. The number of carbonyl (C=O) groups is 1. The molecule has 0 spiro atoms. The topological polar surface area (TPSA) is 26.3 Å². The predicted molar refractivity (Wildman–Crippen MR) is 61.3 cm³/mol. The first-order valence-corrected chi connectivity index (χ1v) is 6.28. The molecule has 0 amide bonds. The fourth-order valence-electron chi connectivity index (χ4n) is 1.88. The van der Waals surface area contributed by atoms with Gasteiger partial charge in [-0.15, -0.1) is 0 Å². The summed E-state index contributed by atoms with van der Waals surface area (Å²) in [4.78, 5) is 11.3. The SMILES string of the molecule is COC(C)(CI)C1CCCC(=O)C1. The lowest BCUT2D eigenvalue weighted by Crippen LogP contribution is -2.41. The monoisotopic (exact) mass is 296 g/mol. The highest BCUT2D eigenvalue weighted by Crippen LogP contribution is 2.34. The van der Waals surface area contributed by atoms with Crippen LogP contribution in [0.1, 0.15) is 32.6 Å². The summed E-state index contributed by atoms with van der Waals surface area (Å²) in [6.07, 6.45) is 3.67. The Morgan fingerprint density at radius 3 is 2.85 bits per heavy atom. The van der Waals surface area contributed by atoms with Crippen molar-refractivity contribution in [3.63, 3.8) is 0 Å². The summed E-state index contributed by atoms with van der Waals surface area (Å²) in [7, 11) is 1.75. The van der Waals surface area contributed by atoms with Crippen LogP contribution in [0.25, 0.3) is 0 Å². The van der Waals surface area contributed by atoms with E-state index in [9.17, 15) is 4.79 Å². The molecule has 2 atom stereocenters. The smallest absolute Gasteiger partial charge is 0.133 e. The summed E-state index contributed by atoms with van der Waals surface area (Å²) in [6, 6.07) is 0. The van der Waals surface area contributed by atoms with Crippen molar-refractivity contribution in [1.29, 1.82) is 0 Å². The Morgan fingerprint density at radius 2 is 2.38 bits per heavy atom. The lowest BCUT2D eigenvalue weighted by atomic mass is 9.78. The maximum Gasteiger partial charge on any atom is 0.133 e. The van der Waals surface area contributed by atoms with Crippen LogP contribution in [0.15, 0.2) is 0 Å². The Balaban J connectivity index is 2.62. The van der Waals surface area contributed by atoms with E-state index < -0.39 is 0 Å². The van der Waals surface area contributed by atoms with Gasteiger partial charge in [-0.3, -0.25) is 4.79 Å². The second kappa shape index (κ2) is 4.73. The quantitative estimate of drug-likeness (QED) is 0.591. The molecule has 2 nitrogen and oxygen atoms in total. The summed E-state index contributed by atoms with van der Waals surface area (Å²) in [5.41, 5.74) is -0.101. The molecule has 0 aromatic rings. The number of ether oxygens (including phenoxy) is 1. The average Bonchev–Trinajstić information content (AvgIpc) is 2.17. The molecule has 0 saturated heterocycles. The van der Waals surface area contributed by atoms with Crippen molar-refractivity contribution >= 4 is 28.4 Å². The fourth-order valence-corrected chi connectivity index (χ4v) is 2.81. The zero-order valence-electron chi connectivity index (χ0n) is 8.31. The van der Waals surface area contributed by atoms with Crippen LogP contribution < -0.4 is 0 Å². The Labute approximate surface area is 93.6 Å². The molecule has 0 aromatic heterocycles. The molecule has 13 heavy (non-hydrogen) atoms. The highest BCUT2D eigenvalue weighted by molar-refractivity contribution is 14.1. The molecule has 2 unspecified atom stereocenters. The fraction of sp³-hybridized carbons (Fsp3) is 0.900. The van der Waals surface area contributed by atoms with Gasteiger partial charge in [-0.25, -0.2) is 0 Å². The van der Waals surface area contributed by atoms with Crippen molar-refractivity contribution in [2.45, 2.75) is 38.2 Å². The summed E-state index contributed by atoms with van der Waals surface area (Å²) < 4.78 is 6.47. The molecule has 0 bridgehead atoms. The molecule has 1 rings (SSSR count). The van der Waals surface area contributed by atoms with Gasteiger partial charge in [0.05, 0.1) is 5.60 Å². The summed E-state index contributed by atoms with van der Waals surface area (Å²) in [6.45, 7) is 2.11. The molecule has 0 heterocycles. The van der Waals surface area contributed by atoms with Gasteiger partial charge < -0.3 is 4.74 Å². The molecule has 1 fully saturated rings. The van der Waals surface area contributed by atoms with Crippen LogP contribution in [0.2, 0.25) is 0 Å². The highest BCUT2D eigenvalue weighted by atomic mass is 127. The zero-order chi connectivity index (χ0) is 9.90. The Bertz CT molecular complexity index is 187. The van der Waals surface area contributed by atoms with Crippen molar-refractivity contribution in [2.24, 2.45) is 5.92 Å². The number of hydrogen-bond acceptors (Lipinski definition) is 2. The first-order chi connectivity index (χ1) is 6.12. The zero-order valence-corrected chi connectivity index (χ0v) is 10.5. The average molecular weight is 296 g/mol. The van der Waals surface area contributed by atoms with E-state index >= 15 is 0 Å². The van der Waals surface area contributed by atoms with Gasteiger partial charge in [0.2, 0.25) is 0 Å². The molecule has 3 heteroatoms. The number of rotatable bonds is 3. The minimum Gasteiger partial charge on any atom is -0.377 e. The Hall–Kier alpha value is 0.360. The van der Waals surface area contributed by atoms with Crippen LogP contribution >= 0.6 is 22.6 Å². The number of ketones is 1. The number of Topliss-reactive ketones (excluding diaryl/α,β-unsaturated/α-hetero) is 1. The first-order valence-electron chi connectivity index (χ1n) is 4.75. The third-order valence-corrected chi connectivity index (χ3v) is 4.59. The van der Waals surface area contributed by atoms with Gasteiger partial charge in [-0.1, -0.05) is 22.6 Å². The van der Waals surface area contributed by atoms with Crippen molar-refractivity contribution < 1.29 is 9.53 Å². The molecule has 0 N–H and O–H groups in total. The third-order valence-electron chi connectivity index (χ3n) is 3.08. The predicted octanol–water partition coefficient (Wildman–Crippen LogP) is 2.59. The molecule has 76 valence electrons. The lowest BCUT2D eigenvalue weighted by Gasteiger charge is -2.36. The molecular weight excluding hydrogens is 279 g/mol. The third kappa shape index (κ3) is 2.65. The molecule has 0 radical (unpaired) electrons. The number of halogens is 1. The summed E-state index contributed by atoms with van der Waals surface area (Å²) >= 11 is 2.34. The minimum absolute atomic E-state index is 0.101. The van der Waals surface area contributed by atoms with Gasteiger partial charge in [-0.05, 0) is 25.7 Å². The van der Waals surface area contributed by atoms with Crippen LogP contribution in [0.4, 0.5) is 0 Å². The number of hydrogen-bond donors (Lipinski definition) is 0. The van der Waals surface area contributed by atoms with Crippen molar-refractivity contribution in [2.75, 3.05) is 11.5 Å². The second-order valence-corrected chi connectivity index (χ2v) is 4.75. The standard InChI is InChI=1S/C10H17IO2/c1-10(7-11,13-2)8-4-3-5-9(12)6-8/h8H,3-7H2,1-2H3. The number of alkyl halides is 1. The maximum atomic E-state index is 11.3. The van der Waals surface area contributed by atoms with E-state index in [4.69, 9.17) is 4.74 Å². The normalized spacial score (nSPS) is 28.5. The van der Waals surface area contributed by atoms with Crippen LogP contribution in [0.3, 0.4) is 0 Å². The number of carbonyl (C=O) groups excluding carboxylic acids is 1. The van der Waals surface area contributed by atoms with Gasteiger partial charge in [0.25, 0.3) is 0 Å². The van der Waals surface area contributed by atoms with E-state index in [-0.39, 0.29) is 5.60 Å². The lowest BCUT2D eigenvalue weighted by molar-refractivity contribution is -0.125. The Morgan fingerprint density at radius 1 is 1.69 bits per heavy atom. The van der Waals surface area contributed by atoms with Gasteiger partial charge >= 0.3 is 0 Å². The van der Waals surface area contributed by atoms with Crippen LogP contribution in [0, 0.1) is 5.92 Å². The van der Waals surface area contributed by atoms with Crippen LogP contribution in [-0.2, 0) is 9.53 Å². The van der Waals surface area contributed by atoms with Crippen molar-refractivity contribution in [3.05, 3.63) is 0 Å². The van der Waals surface area contributed by atoms with Crippen molar-refractivity contribution in [3.8, 4) is 0 Å². The summed E-state index contributed by atoms with van der Waals surface area (Å²) in [5.74, 6) is 0.833. The molecule has 1 saturated carbocycles. The van der Waals surface area contributed by atoms with Crippen LogP contribution in [0.5, 0.6) is 0 Å². The van der Waals surface area contributed by atoms with Crippen LogP contribution in [-0.4, -0.2) is 22.9 Å². The van der Waals surface area contributed by atoms with Gasteiger partial charge in [0.1, 0.15) is 5.78 Å². The van der Waals surface area contributed by atoms with Crippen molar-refractivity contribution in [1.82, 2.24) is 0 Å². The van der Waals surface area contributed by atoms with E-state index in [0.29, 0.717) is 18.1 Å². The van der Waals surface area contributed by atoms with E-state index in [1.54, 1.807) is 7.11 Å². The highest BCUT2D eigenvalue weighted by Gasteiger charge is 2.36. The largest absolute Gasteiger partial charge is 0.377 e. The van der Waals surface area contributed by atoms with E-state index in [2.05, 4.69) is 29.5 Å². The molecular formula is C10H17IO2. The van der Waals surface area contributed by atoms with Gasteiger partial charge in [0, 0.05) is 24.4 Å². The first kappa shape index (κ1) is 11.4. The van der Waals surface area contributed by atoms with E-state index in [1.165, 1.54) is 0 Å². The van der Waals surface area contributed by atoms with E-state index in [1.807, 2.05) is 0 Å².